The molecule has 1 aromatic heterocycles. The number of hydrogen-bond donors (Lipinski definition) is 3. The van der Waals surface area contributed by atoms with Crippen LogP contribution in [0.25, 0.3) is 11.1 Å². The van der Waals surface area contributed by atoms with Crippen molar-refractivity contribution in [2.75, 3.05) is 11.9 Å². The van der Waals surface area contributed by atoms with Gasteiger partial charge in [0.15, 0.2) is 0 Å². The number of carboxylic acid groups (broad SMARTS) is 1. The number of rotatable bonds is 7. The maximum Gasteiger partial charge on any atom is 0.337 e. The van der Waals surface area contributed by atoms with Crippen molar-refractivity contribution in [2.45, 2.75) is 19.5 Å². The van der Waals surface area contributed by atoms with E-state index in [-0.39, 0.29) is 11.6 Å². The normalized spacial score (nSPS) is 14.4. The monoisotopic (exact) mass is 451 g/mol. The van der Waals surface area contributed by atoms with Gasteiger partial charge in [-0.3, -0.25) is 4.98 Å². The number of nitrogens with one attached hydrogen (secondary N) is 2. The SMILES string of the molecule is Cc1cc(Oc2ccccc2)ccc1-c1ccc2c(c1)CNC2CNc1cnccc1C(=O)O. The van der Waals surface area contributed by atoms with Gasteiger partial charge in [-0.2, -0.15) is 0 Å². The summed E-state index contributed by atoms with van der Waals surface area (Å²) < 4.78 is 5.97. The van der Waals surface area contributed by atoms with Gasteiger partial charge in [-0.1, -0.05) is 36.4 Å². The minimum absolute atomic E-state index is 0.0913. The zero-order valence-electron chi connectivity index (χ0n) is 18.8. The first-order valence-corrected chi connectivity index (χ1v) is 11.2. The lowest BCUT2D eigenvalue weighted by atomic mass is 9.95. The standard InChI is InChI=1S/C28H25N3O3/c1-18-13-22(34-21-5-3-2-4-6-21)8-10-23(18)19-7-9-24-20(14-19)15-30-27(24)17-31-26-16-29-12-11-25(26)28(32)33/h2-14,16,27,30-31H,15,17H2,1H3,(H,32,33). The van der Waals surface area contributed by atoms with E-state index >= 15 is 0 Å². The quantitative estimate of drug-likeness (QED) is 0.329. The molecule has 0 saturated heterocycles. The molecule has 6 heteroatoms. The van der Waals surface area contributed by atoms with Crippen LogP contribution < -0.4 is 15.4 Å². The van der Waals surface area contributed by atoms with Crippen LogP contribution in [0.5, 0.6) is 11.5 Å². The molecule has 1 aliphatic heterocycles. The van der Waals surface area contributed by atoms with E-state index in [0.717, 1.165) is 23.6 Å². The summed E-state index contributed by atoms with van der Waals surface area (Å²) in [5.74, 6) is 0.669. The van der Waals surface area contributed by atoms with Crippen molar-refractivity contribution in [3.8, 4) is 22.6 Å². The van der Waals surface area contributed by atoms with Gasteiger partial charge in [-0.05, 0) is 71.1 Å². The number of carboxylic acids is 1. The number of fused-ring (bicyclic) bond motifs is 1. The Hall–Kier alpha value is -4.16. The molecule has 0 radical (unpaired) electrons. The van der Waals surface area contributed by atoms with Gasteiger partial charge < -0.3 is 20.5 Å². The molecule has 3 N–H and O–H groups in total. The van der Waals surface area contributed by atoms with Crippen molar-refractivity contribution in [1.29, 1.82) is 0 Å². The summed E-state index contributed by atoms with van der Waals surface area (Å²) in [4.78, 5) is 15.5. The van der Waals surface area contributed by atoms with Gasteiger partial charge >= 0.3 is 5.97 Å². The van der Waals surface area contributed by atoms with Crippen LogP contribution in [0, 0.1) is 6.92 Å². The second-order valence-corrected chi connectivity index (χ2v) is 8.35. The molecule has 1 unspecified atom stereocenters. The molecule has 0 saturated carbocycles. The topological polar surface area (TPSA) is 83.5 Å². The Morgan fingerprint density at radius 3 is 2.74 bits per heavy atom. The average Bonchev–Trinajstić information content (AvgIpc) is 3.26. The van der Waals surface area contributed by atoms with Gasteiger partial charge in [0.25, 0.3) is 0 Å². The largest absolute Gasteiger partial charge is 0.478 e. The van der Waals surface area contributed by atoms with E-state index in [1.807, 2.05) is 36.4 Å². The molecule has 0 bridgehead atoms. The van der Waals surface area contributed by atoms with Gasteiger partial charge in [-0.25, -0.2) is 4.79 Å². The number of para-hydroxylation sites is 1. The Balaban J connectivity index is 1.31. The number of anilines is 1. The van der Waals surface area contributed by atoms with Gasteiger partial charge in [0.2, 0.25) is 0 Å². The summed E-state index contributed by atoms with van der Waals surface area (Å²) in [5.41, 5.74) is 6.70. The van der Waals surface area contributed by atoms with E-state index in [1.165, 1.54) is 34.5 Å². The number of nitrogens with zero attached hydrogens (tertiary/aromatic N) is 1. The number of aromatic carboxylic acids is 1. The van der Waals surface area contributed by atoms with Gasteiger partial charge in [-0.15, -0.1) is 0 Å². The number of ether oxygens (including phenoxy) is 1. The summed E-state index contributed by atoms with van der Waals surface area (Å²) >= 11 is 0. The molecule has 6 nitrogen and oxygen atoms in total. The summed E-state index contributed by atoms with van der Waals surface area (Å²) in [7, 11) is 0. The molecule has 0 fully saturated rings. The van der Waals surface area contributed by atoms with Crippen LogP contribution in [0.3, 0.4) is 0 Å². The zero-order chi connectivity index (χ0) is 23.5. The van der Waals surface area contributed by atoms with Crippen molar-refractivity contribution in [3.63, 3.8) is 0 Å². The Morgan fingerprint density at radius 1 is 1.09 bits per heavy atom. The molecule has 1 aliphatic rings. The molecule has 0 aliphatic carbocycles. The second-order valence-electron chi connectivity index (χ2n) is 8.35. The summed E-state index contributed by atoms with van der Waals surface area (Å²) in [6.07, 6.45) is 3.04. The number of aromatic nitrogens is 1. The fraction of sp³-hybridized carbons (Fsp3) is 0.143. The first-order valence-electron chi connectivity index (χ1n) is 11.2. The van der Waals surface area contributed by atoms with Crippen molar-refractivity contribution >= 4 is 11.7 Å². The fourth-order valence-electron chi connectivity index (χ4n) is 4.37. The Bertz CT molecular complexity index is 1340. The molecular formula is C28H25N3O3. The number of aryl methyl sites for hydroxylation is 1. The van der Waals surface area contributed by atoms with E-state index < -0.39 is 5.97 Å². The zero-order valence-corrected chi connectivity index (χ0v) is 18.8. The summed E-state index contributed by atoms with van der Waals surface area (Å²) in [6, 6.07) is 24.1. The van der Waals surface area contributed by atoms with Crippen LogP contribution in [-0.2, 0) is 6.54 Å². The molecule has 0 spiro atoms. The van der Waals surface area contributed by atoms with Gasteiger partial charge in [0.1, 0.15) is 11.5 Å². The lowest BCUT2D eigenvalue weighted by Gasteiger charge is -2.16. The highest BCUT2D eigenvalue weighted by Gasteiger charge is 2.23. The van der Waals surface area contributed by atoms with Crippen LogP contribution in [-0.4, -0.2) is 22.6 Å². The van der Waals surface area contributed by atoms with Gasteiger partial charge in [0.05, 0.1) is 23.5 Å². The Labute approximate surface area is 198 Å². The summed E-state index contributed by atoms with van der Waals surface area (Å²) in [5, 5.41) is 16.1. The number of hydrogen-bond acceptors (Lipinski definition) is 5. The predicted molar refractivity (Wildman–Crippen MR) is 132 cm³/mol. The van der Waals surface area contributed by atoms with Crippen LogP contribution >= 0.6 is 0 Å². The van der Waals surface area contributed by atoms with E-state index in [9.17, 15) is 9.90 Å². The van der Waals surface area contributed by atoms with E-state index in [0.29, 0.717) is 12.2 Å². The third-order valence-electron chi connectivity index (χ3n) is 6.09. The summed E-state index contributed by atoms with van der Waals surface area (Å²) in [6.45, 7) is 3.44. The number of carbonyl (C=O) groups is 1. The Morgan fingerprint density at radius 2 is 1.94 bits per heavy atom. The van der Waals surface area contributed by atoms with Crippen LogP contribution in [0.4, 0.5) is 5.69 Å². The third-order valence-corrected chi connectivity index (χ3v) is 6.09. The first kappa shape index (κ1) is 21.7. The van der Waals surface area contributed by atoms with Crippen molar-refractivity contribution < 1.29 is 14.6 Å². The molecule has 5 rings (SSSR count). The first-order chi connectivity index (χ1) is 16.6. The van der Waals surface area contributed by atoms with Crippen molar-refractivity contribution in [1.82, 2.24) is 10.3 Å². The lowest BCUT2D eigenvalue weighted by Crippen LogP contribution is -2.22. The molecule has 1 atom stereocenters. The minimum atomic E-state index is -0.968. The van der Waals surface area contributed by atoms with Crippen molar-refractivity contribution in [2.24, 2.45) is 0 Å². The molecule has 2 heterocycles. The van der Waals surface area contributed by atoms with E-state index in [4.69, 9.17) is 4.74 Å². The van der Waals surface area contributed by atoms with Crippen LogP contribution in [0.2, 0.25) is 0 Å². The molecule has 34 heavy (non-hydrogen) atoms. The highest BCUT2D eigenvalue weighted by atomic mass is 16.5. The van der Waals surface area contributed by atoms with Crippen LogP contribution in [0.1, 0.15) is 33.1 Å². The minimum Gasteiger partial charge on any atom is -0.478 e. The fourth-order valence-corrected chi connectivity index (χ4v) is 4.37. The maximum absolute atomic E-state index is 11.4. The molecule has 170 valence electrons. The van der Waals surface area contributed by atoms with Crippen molar-refractivity contribution in [3.05, 3.63) is 107 Å². The highest BCUT2D eigenvalue weighted by molar-refractivity contribution is 5.93. The third kappa shape index (κ3) is 4.49. The van der Waals surface area contributed by atoms with Gasteiger partial charge in [0, 0.05) is 19.3 Å². The molecule has 0 amide bonds. The predicted octanol–water partition coefficient (Wildman–Crippen LogP) is 5.80. The molecular weight excluding hydrogens is 426 g/mol. The smallest absolute Gasteiger partial charge is 0.337 e. The molecule has 4 aromatic rings. The average molecular weight is 452 g/mol. The van der Waals surface area contributed by atoms with Crippen LogP contribution in [0.15, 0.2) is 85.2 Å². The number of benzene rings is 3. The molecule has 3 aromatic carbocycles. The second kappa shape index (κ2) is 9.37. The highest BCUT2D eigenvalue weighted by Crippen LogP contribution is 2.33. The number of pyridine rings is 1. The lowest BCUT2D eigenvalue weighted by molar-refractivity contribution is 0.0697. The van der Waals surface area contributed by atoms with E-state index in [2.05, 4.69) is 52.9 Å². The van der Waals surface area contributed by atoms with E-state index in [1.54, 1.807) is 6.20 Å². The maximum atomic E-state index is 11.4. The Kier molecular flexibility index (Phi) is 5.97.